The molecule has 4 fully saturated rings. The number of hydrogen-bond donors (Lipinski definition) is 0. The number of carbonyl (C=O) groups excluding carboxylic acids is 1. The van der Waals surface area contributed by atoms with Crippen molar-refractivity contribution in [2.75, 3.05) is 0 Å². The summed E-state index contributed by atoms with van der Waals surface area (Å²) in [7, 11) is 2.64. The molecule has 3 heteroatoms. The van der Waals surface area contributed by atoms with Gasteiger partial charge in [0.15, 0.2) is 0 Å². The third-order valence-electron chi connectivity index (χ3n) is 12.5. The van der Waals surface area contributed by atoms with E-state index in [9.17, 15) is 4.79 Å². The molecule has 0 aromatic heterocycles. The van der Waals surface area contributed by atoms with Crippen LogP contribution in [-0.4, -0.2) is 6.29 Å². The van der Waals surface area contributed by atoms with Gasteiger partial charge in [-0.3, -0.25) is 6.29 Å². The van der Waals surface area contributed by atoms with Crippen LogP contribution in [0.5, 0.6) is 0 Å². The third kappa shape index (κ3) is 4.56. The molecule has 0 aliphatic heterocycles. The van der Waals surface area contributed by atoms with E-state index in [0.29, 0.717) is 34.0 Å². The fourth-order valence-corrected chi connectivity index (χ4v) is 10.9. The van der Waals surface area contributed by atoms with Gasteiger partial charge >= 0.3 is 51.4 Å². The summed E-state index contributed by atoms with van der Waals surface area (Å²) in [6, 6.07) is 0. The molecular formula is C31H50KOP. The van der Waals surface area contributed by atoms with E-state index in [1.807, 2.05) is 0 Å². The zero-order chi connectivity index (χ0) is 24.4. The predicted molar refractivity (Wildman–Crippen MR) is 143 cm³/mol. The van der Waals surface area contributed by atoms with Crippen LogP contribution in [0.2, 0.25) is 0 Å². The van der Waals surface area contributed by atoms with Crippen molar-refractivity contribution < 1.29 is 56.2 Å². The van der Waals surface area contributed by atoms with Gasteiger partial charge in [-0.15, -0.1) is 0 Å². The maximum absolute atomic E-state index is 11.0. The van der Waals surface area contributed by atoms with Gasteiger partial charge in [-0.25, -0.2) is 0 Å². The average molecular weight is 509 g/mol. The Kier molecular flexibility index (Phi) is 8.88. The Labute approximate surface area is 256 Å². The molecule has 4 aliphatic rings. The monoisotopic (exact) mass is 508 g/mol. The predicted octanol–water partition coefficient (Wildman–Crippen LogP) is 5.29. The van der Waals surface area contributed by atoms with Crippen LogP contribution in [0.4, 0.5) is 0 Å². The van der Waals surface area contributed by atoms with E-state index in [1.54, 1.807) is 0 Å². The van der Waals surface area contributed by atoms with Gasteiger partial charge in [-0.05, 0) is 109 Å². The summed E-state index contributed by atoms with van der Waals surface area (Å²) in [6.07, 6.45) is 13.2. The zero-order valence-electron chi connectivity index (χ0n) is 23.8. The molecule has 0 aromatic carbocycles. The molecule has 0 amide bonds. The number of fused-ring (bicyclic) bond motifs is 5. The summed E-state index contributed by atoms with van der Waals surface area (Å²) in [5.74, 6) is 8.19. The molecule has 0 bridgehead atoms. The molecule has 0 N–H and O–H groups in total. The Morgan fingerprint density at radius 3 is 2.26 bits per heavy atom. The second kappa shape index (κ2) is 10.1. The molecule has 0 spiro atoms. The summed E-state index contributed by atoms with van der Waals surface area (Å²) in [5, 5.41) is 0. The maximum Gasteiger partial charge on any atom is 1.00 e. The Bertz CT molecular complexity index is 838. The third-order valence-corrected chi connectivity index (χ3v) is 12.7. The second-order valence-corrected chi connectivity index (χ2v) is 15.2. The molecule has 0 aromatic rings. The van der Waals surface area contributed by atoms with Crippen molar-refractivity contribution in [1.82, 2.24) is 0 Å². The molecule has 4 rings (SSSR count). The molecular weight excluding hydrogens is 458 g/mol. The van der Waals surface area contributed by atoms with Crippen LogP contribution in [0.25, 0.3) is 0 Å². The van der Waals surface area contributed by atoms with Crippen molar-refractivity contribution in [3.05, 3.63) is 0 Å². The van der Waals surface area contributed by atoms with Crippen LogP contribution in [0.3, 0.4) is 0 Å². The number of hydrogen-bond acceptors (Lipinski definition) is 1. The molecule has 0 saturated heterocycles. The first kappa shape index (κ1) is 29.8. The molecule has 4 unspecified atom stereocenters. The van der Waals surface area contributed by atoms with E-state index in [1.165, 1.54) is 44.9 Å². The van der Waals surface area contributed by atoms with Gasteiger partial charge in [0.2, 0.25) is 0 Å². The minimum absolute atomic E-state index is 0. The summed E-state index contributed by atoms with van der Waals surface area (Å²) in [4.78, 5) is 11.0. The summed E-state index contributed by atoms with van der Waals surface area (Å²) in [6.45, 7) is 20.7. The van der Waals surface area contributed by atoms with Crippen LogP contribution in [0.15, 0.2) is 0 Å². The molecule has 10 atom stereocenters. The van der Waals surface area contributed by atoms with Gasteiger partial charge in [0.05, 0.1) is 0 Å². The Balaban J connectivity index is 0.00000324. The largest absolute Gasteiger partial charge is 1.00 e. The Morgan fingerprint density at radius 1 is 0.971 bits per heavy atom. The van der Waals surface area contributed by atoms with Gasteiger partial charge in [-0.1, -0.05) is 75.7 Å². The van der Waals surface area contributed by atoms with Crippen LogP contribution in [0, 0.1) is 74.2 Å². The maximum atomic E-state index is 11.0. The van der Waals surface area contributed by atoms with Gasteiger partial charge in [0.1, 0.15) is 0 Å². The molecule has 34 heavy (non-hydrogen) atoms. The van der Waals surface area contributed by atoms with Crippen molar-refractivity contribution in [2.45, 2.75) is 113 Å². The van der Waals surface area contributed by atoms with Crippen molar-refractivity contribution in [1.29, 1.82) is 0 Å². The minimum atomic E-state index is 0. The first-order valence-corrected chi connectivity index (χ1v) is 14.4. The van der Waals surface area contributed by atoms with Crippen molar-refractivity contribution in [3.8, 4) is 11.6 Å². The van der Waals surface area contributed by atoms with E-state index < -0.39 is 0 Å². The summed E-state index contributed by atoms with van der Waals surface area (Å²) < 4.78 is 0. The molecule has 4 saturated carbocycles. The SMILES string of the molecule is CC(CC[C-]=O)C1CC[C@H]2[C@H]3[C@H](CC(C)(C)[C@]12C)[C@@]1(C)CCC(C)(C#CP)C[C@H]1CC3(C)C.[K+]. The van der Waals surface area contributed by atoms with E-state index in [2.05, 4.69) is 82.5 Å². The first-order valence-electron chi connectivity index (χ1n) is 13.8. The minimum Gasteiger partial charge on any atom is -0.542 e. The van der Waals surface area contributed by atoms with E-state index in [0.717, 1.165) is 36.0 Å². The van der Waals surface area contributed by atoms with E-state index in [-0.39, 0.29) is 56.8 Å². The Morgan fingerprint density at radius 2 is 1.65 bits per heavy atom. The van der Waals surface area contributed by atoms with E-state index >= 15 is 0 Å². The quantitative estimate of drug-likeness (QED) is 0.218. The van der Waals surface area contributed by atoms with Crippen LogP contribution < -0.4 is 51.4 Å². The second-order valence-electron chi connectivity index (χ2n) is 14.9. The molecule has 1 nitrogen and oxygen atoms in total. The standard InChI is InChI=1S/C31H50OP.K/c1-21(10-9-16-32)23-11-12-24-26-25(20-28(4,5)31(23,24)8)30(7)14-13-29(6,15-17-33)19-22(30)18-27(26,2)3;/h21-26H,9-14,18-20,33H2,1-8H3;/q-1;+1/t21?,22-,23?,24+,25+,26+,29?,30+,31-;/m1./s1. The van der Waals surface area contributed by atoms with Gasteiger partial charge in [0, 0.05) is 5.41 Å². The van der Waals surface area contributed by atoms with Crippen molar-refractivity contribution in [3.63, 3.8) is 0 Å². The van der Waals surface area contributed by atoms with Crippen LogP contribution in [-0.2, 0) is 4.79 Å². The normalized spacial score (nSPS) is 47.0. The van der Waals surface area contributed by atoms with Gasteiger partial charge in [0.25, 0.3) is 0 Å². The fourth-order valence-electron chi connectivity index (χ4n) is 10.5. The Hall–Kier alpha value is 1.30. The fraction of sp³-hybridized carbons (Fsp3) is 0.903. The topological polar surface area (TPSA) is 17.1 Å². The molecule has 0 heterocycles. The average Bonchev–Trinajstić information content (AvgIpc) is 3.07. The van der Waals surface area contributed by atoms with Crippen molar-refractivity contribution in [2.24, 2.45) is 62.6 Å². The first-order chi connectivity index (χ1) is 15.3. The van der Waals surface area contributed by atoms with Crippen LogP contribution in [0.1, 0.15) is 113 Å². The molecule has 4 aliphatic carbocycles. The van der Waals surface area contributed by atoms with E-state index in [4.69, 9.17) is 0 Å². The summed E-state index contributed by atoms with van der Waals surface area (Å²) in [5.41, 5.74) is 4.92. The molecule has 0 radical (unpaired) electrons. The molecule has 186 valence electrons. The number of rotatable bonds is 4. The van der Waals surface area contributed by atoms with Gasteiger partial charge < -0.3 is 4.79 Å². The zero-order valence-corrected chi connectivity index (χ0v) is 28.1. The van der Waals surface area contributed by atoms with Gasteiger partial charge in [-0.2, -0.15) is 6.42 Å². The smallest absolute Gasteiger partial charge is 0.542 e. The van der Waals surface area contributed by atoms with Crippen molar-refractivity contribution >= 4 is 15.5 Å². The van der Waals surface area contributed by atoms with Crippen LogP contribution >= 0.6 is 9.24 Å². The summed E-state index contributed by atoms with van der Waals surface area (Å²) >= 11 is 0.